The molecule has 150 valence electrons. The first-order valence-electron chi connectivity index (χ1n) is 8.79. The van der Waals surface area contributed by atoms with Crippen LogP contribution in [0, 0.1) is 13.8 Å². The molecule has 0 unspecified atom stereocenters. The van der Waals surface area contributed by atoms with Crippen LogP contribution >= 0.6 is 0 Å². The van der Waals surface area contributed by atoms with Gasteiger partial charge in [0.05, 0.1) is 21.7 Å². The smallest absolute Gasteiger partial charge is 0.257 e. The maximum atomic E-state index is 12.8. The van der Waals surface area contributed by atoms with Gasteiger partial charge in [-0.05, 0) is 56.3 Å². The number of amides is 2. The lowest BCUT2D eigenvalue weighted by molar-refractivity contribution is 0.0998. The summed E-state index contributed by atoms with van der Waals surface area (Å²) in [7, 11) is -3.30. The number of carbonyl (C=O) groups is 2. The summed E-state index contributed by atoms with van der Waals surface area (Å²) in [5.74, 6) is -0.891. The van der Waals surface area contributed by atoms with E-state index >= 15 is 0 Å². The highest BCUT2D eigenvalue weighted by atomic mass is 32.2. The summed E-state index contributed by atoms with van der Waals surface area (Å²) in [6.45, 7) is 3.62. The summed E-state index contributed by atoms with van der Waals surface area (Å²) in [6, 6.07) is 14.6. The van der Waals surface area contributed by atoms with Gasteiger partial charge in [0.1, 0.15) is 0 Å². The number of nitrogens with one attached hydrogen (secondary N) is 1. The van der Waals surface area contributed by atoms with Gasteiger partial charge in [0.2, 0.25) is 0 Å². The van der Waals surface area contributed by atoms with E-state index in [0.717, 1.165) is 11.9 Å². The van der Waals surface area contributed by atoms with Crippen molar-refractivity contribution in [1.29, 1.82) is 0 Å². The number of aryl methyl sites for hydroxylation is 1. The maximum absolute atomic E-state index is 12.8. The molecule has 3 rings (SSSR count). The Morgan fingerprint density at radius 2 is 1.59 bits per heavy atom. The number of carbonyl (C=O) groups excluding carboxylic acids is 2. The van der Waals surface area contributed by atoms with Gasteiger partial charge in [-0.25, -0.2) is 8.42 Å². The molecule has 0 aliphatic rings. The van der Waals surface area contributed by atoms with Crippen LogP contribution in [0.1, 0.15) is 32.1 Å². The Labute approximate surface area is 169 Å². The molecule has 2 aromatic carbocycles. The summed E-state index contributed by atoms with van der Waals surface area (Å²) in [4.78, 5) is 24.8. The van der Waals surface area contributed by atoms with Gasteiger partial charge in [-0.15, -0.1) is 0 Å². The van der Waals surface area contributed by atoms with E-state index in [4.69, 9.17) is 5.73 Å². The van der Waals surface area contributed by atoms with Crippen LogP contribution in [0.5, 0.6) is 0 Å². The first kappa shape index (κ1) is 20.3. The molecule has 7 nitrogen and oxygen atoms in total. The second-order valence-electron chi connectivity index (χ2n) is 6.75. The lowest BCUT2D eigenvalue weighted by Gasteiger charge is -2.13. The number of primary amides is 1. The zero-order chi connectivity index (χ0) is 21.3. The fourth-order valence-electron chi connectivity index (χ4n) is 3.22. The number of aromatic nitrogens is 1. The molecule has 8 heteroatoms. The highest BCUT2D eigenvalue weighted by Crippen LogP contribution is 2.24. The van der Waals surface area contributed by atoms with Crippen molar-refractivity contribution in [2.24, 2.45) is 5.73 Å². The number of sulfone groups is 1. The summed E-state index contributed by atoms with van der Waals surface area (Å²) < 4.78 is 24.9. The molecular formula is C21H21N3O4S. The highest BCUT2D eigenvalue weighted by Gasteiger charge is 2.19. The van der Waals surface area contributed by atoms with E-state index in [9.17, 15) is 18.0 Å². The van der Waals surface area contributed by atoms with Gasteiger partial charge in [-0.2, -0.15) is 0 Å². The number of rotatable bonds is 5. The number of nitrogens with zero attached hydrogens (tertiary/aromatic N) is 1. The van der Waals surface area contributed by atoms with Crippen LogP contribution in [0.2, 0.25) is 0 Å². The minimum absolute atomic E-state index is 0.178. The lowest BCUT2D eigenvalue weighted by atomic mass is 10.1. The molecule has 0 radical (unpaired) electrons. The summed E-state index contributed by atoms with van der Waals surface area (Å²) in [5, 5.41) is 2.77. The Bertz CT molecular complexity index is 1210. The fraction of sp³-hybridized carbons (Fsp3) is 0.143. The molecule has 0 saturated carbocycles. The number of benzene rings is 2. The fourth-order valence-corrected chi connectivity index (χ4v) is 3.85. The minimum Gasteiger partial charge on any atom is -0.366 e. The number of anilines is 1. The topological polar surface area (TPSA) is 111 Å². The predicted molar refractivity (Wildman–Crippen MR) is 111 cm³/mol. The molecule has 1 aromatic heterocycles. The SMILES string of the molecule is Cc1cc(C(=O)Nc2ccc(S(C)(=O)=O)cc2)c(C)n1-c1ccccc1C(N)=O. The van der Waals surface area contributed by atoms with Gasteiger partial charge in [-0.1, -0.05) is 12.1 Å². The van der Waals surface area contributed by atoms with Gasteiger partial charge >= 0.3 is 0 Å². The van der Waals surface area contributed by atoms with E-state index in [1.165, 1.54) is 24.3 Å². The molecule has 0 aliphatic carbocycles. The molecular weight excluding hydrogens is 390 g/mol. The summed E-state index contributed by atoms with van der Waals surface area (Å²) in [5.41, 5.74) is 8.79. The van der Waals surface area contributed by atoms with Crippen LogP contribution in [0.4, 0.5) is 5.69 Å². The number of hydrogen-bond donors (Lipinski definition) is 2. The van der Waals surface area contributed by atoms with Crippen LogP contribution in [0.25, 0.3) is 5.69 Å². The van der Waals surface area contributed by atoms with Gasteiger partial charge in [0.15, 0.2) is 9.84 Å². The van der Waals surface area contributed by atoms with Crippen LogP contribution in [-0.2, 0) is 9.84 Å². The van der Waals surface area contributed by atoms with Gasteiger partial charge in [0.25, 0.3) is 11.8 Å². The number of hydrogen-bond acceptors (Lipinski definition) is 4. The minimum atomic E-state index is -3.30. The quantitative estimate of drug-likeness (QED) is 0.672. The van der Waals surface area contributed by atoms with E-state index in [1.807, 2.05) is 11.5 Å². The summed E-state index contributed by atoms with van der Waals surface area (Å²) >= 11 is 0. The van der Waals surface area contributed by atoms with Crippen molar-refractivity contribution in [2.75, 3.05) is 11.6 Å². The van der Waals surface area contributed by atoms with Crippen molar-refractivity contribution < 1.29 is 18.0 Å². The van der Waals surface area contributed by atoms with Crippen molar-refractivity contribution in [3.05, 3.63) is 77.1 Å². The first-order chi connectivity index (χ1) is 13.6. The molecule has 0 atom stereocenters. The van der Waals surface area contributed by atoms with Crippen molar-refractivity contribution in [1.82, 2.24) is 4.57 Å². The second kappa shape index (κ2) is 7.56. The van der Waals surface area contributed by atoms with E-state index < -0.39 is 15.7 Å². The van der Waals surface area contributed by atoms with E-state index in [1.54, 1.807) is 37.3 Å². The molecule has 3 N–H and O–H groups in total. The molecule has 0 aliphatic heterocycles. The Morgan fingerprint density at radius 1 is 0.966 bits per heavy atom. The molecule has 0 fully saturated rings. The highest BCUT2D eigenvalue weighted by molar-refractivity contribution is 7.90. The maximum Gasteiger partial charge on any atom is 0.257 e. The average molecular weight is 411 g/mol. The second-order valence-corrected chi connectivity index (χ2v) is 8.77. The Hall–Kier alpha value is -3.39. The molecule has 0 bridgehead atoms. The molecule has 3 aromatic rings. The zero-order valence-electron chi connectivity index (χ0n) is 16.3. The van der Waals surface area contributed by atoms with E-state index in [0.29, 0.717) is 28.2 Å². The lowest BCUT2D eigenvalue weighted by Crippen LogP contribution is -2.16. The molecule has 0 spiro atoms. The molecule has 2 amide bonds. The number of nitrogens with two attached hydrogens (primary N) is 1. The monoisotopic (exact) mass is 411 g/mol. The standard InChI is InChI=1S/C21H21N3O4S/c1-13-12-18(14(2)24(13)19-7-5-4-6-17(19)20(22)25)21(26)23-15-8-10-16(11-9-15)29(3,27)28/h4-12H,1-3H3,(H2,22,25)(H,23,26). The average Bonchev–Trinajstić information content (AvgIpc) is 2.95. The van der Waals surface area contributed by atoms with Crippen LogP contribution in [0.3, 0.4) is 0 Å². The van der Waals surface area contributed by atoms with Crippen molar-refractivity contribution in [3.63, 3.8) is 0 Å². The molecule has 1 heterocycles. The molecule has 29 heavy (non-hydrogen) atoms. The van der Waals surface area contributed by atoms with Crippen molar-refractivity contribution in [2.45, 2.75) is 18.7 Å². The van der Waals surface area contributed by atoms with Crippen LogP contribution < -0.4 is 11.1 Å². The van der Waals surface area contributed by atoms with Crippen LogP contribution in [0.15, 0.2) is 59.5 Å². The molecule has 0 saturated heterocycles. The predicted octanol–water partition coefficient (Wildman–Crippen LogP) is 2.85. The third-order valence-electron chi connectivity index (χ3n) is 4.63. The van der Waals surface area contributed by atoms with Crippen LogP contribution in [-0.4, -0.2) is 31.1 Å². The number of para-hydroxylation sites is 1. The van der Waals surface area contributed by atoms with E-state index in [-0.39, 0.29) is 10.8 Å². The Balaban J connectivity index is 1.94. The largest absolute Gasteiger partial charge is 0.366 e. The first-order valence-corrected chi connectivity index (χ1v) is 10.7. The van der Waals surface area contributed by atoms with E-state index in [2.05, 4.69) is 5.32 Å². The van der Waals surface area contributed by atoms with Crippen molar-refractivity contribution in [3.8, 4) is 5.69 Å². The summed E-state index contributed by atoms with van der Waals surface area (Å²) in [6.07, 6.45) is 1.12. The van der Waals surface area contributed by atoms with Gasteiger partial charge < -0.3 is 15.6 Å². The van der Waals surface area contributed by atoms with Gasteiger partial charge in [-0.3, -0.25) is 9.59 Å². The van der Waals surface area contributed by atoms with Gasteiger partial charge in [0, 0.05) is 23.3 Å². The Kier molecular flexibility index (Phi) is 5.30. The third kappa shape index (κ3) is 4.07. The normalized spacial score (nSPS) is 11.3. The zero-order valence-corrected chi connectivity index (χ0v) is 17.1. The Morgan fingerprint density at radius 3 is 2.17 bits per heavy atom. The third-order valence-corrected chi connectivity index (χ3v) is 5.75. The van der Waals surface area contributed by atoms with Crippen molar-refractivity contribution >= 4 is 27.3 Å².